The molecular formula is C10H12F2N2O3S. The lowest BCUT2D eigenvalue weighted by molar-refractivity contribution is -0.139. The molecule has 1 aromatic heterocycles. The van der Waals surface area contributed by atoms with Crippen molar-refractivity contribution >= 4 is 23.3 Å². The van der Waals surface area contributed by atoms with Gasteiger partial charge in [0.05, 0.1) is 6.54 Å². The number of nitrogens with zero attached hydrogens (tertiary/aromatic N) is 1. The number of thiophene rings is 1. The van der Waals surface area contributed by atoms with E-state index in [2.05, 4.69) is 5.32 Å². The number of rotatable bonds is 5. The highest BCUT2D eigenvalue weighted by Crippen LogP contribution is 2.19. The third-order valence-electron chi connectivity index (χ3n) is 2.10. The summed E-state index contributed by atoms with van der Waals surface area (Å²) in [6.07, 6.45) is -2.66. The van der Waals surface area contributed by atoms with Gasteiger partial charge in [0.2, 0.25) is 0 Å². The summed E-state index contributed by atoms with van der Waals surface area (Å²) < 4.78 is 24.2. The average Bonchev–Trinajstić information content (AvgIpc) is 2.77. The molecule has 1 atom stereocenters. The minimum atomic E-state index is -2.66. The van der Waals surface area contributed by atoms with Crippen LogP contribution in [0.4, 0.5) is 13.6 Å². The molecule has 0 spiro atoms. The number of hydrogen-bond acceptors (Lipinski definition) is 3. The van der Waals surface area contributed by atoms with Crippen molar-refractivity contribution in [3.05, 3.63) is 22.4 Å². The summed E-state index contributed by atoms with van der Waals surface area (Å²) in [4.78, 5) is 23.7. The summed E-state index contributed by atoms with van der Waals surface area (Å²) in [5.74, 6) is -1.24. The molecule has 0 aliphatic heterocycles. The van der Waals surface area contributed by atoms with Crippen LogP contribution in [0.3, 0.4) is 0 Å². The molecule has 2 N–H and O–H groups in total. The second-order valence-corrected chi connectivity index (χ2v) is 4.49. The number of amides is 2. The molecule has 0 bridgehead atoms. The normalized spacial score (nSPS) is 12.2. The van der Waals surface area contributed by atoms with E-state index in [-0.39, 0.29) is 0 Å². The van der Waals surface area contributed by atoms with Crippen LogP contribution in [0.5, 0.6) is 0 Å². The van der Waals surface area contributed by atoms with E-state index >= 15 is 0 Å². The van der Waals surface area contributed by atoms with Gasteiger partial charge in [-0.05, 0) is 11.4 Å². The predicted molar refractivity (Wildman–Crippen MR) is 61.9 cm³/mol. The fourth-order valence-corrected chi connectivity index (χ4v) is 2.00. The number of carbonyl (C=O) groups excluding carboxylic acids is 1. The summed E-state index contributed by atoms with van der Waals surface area (Å²) in [7, 11) is 1.18. The Bertz CT molecular complexity index is 411. The van der Waals surface area contributed by atoms with Gasteiger partial charge < -0.3 is 15.3 Å². The van der Waals surface area contributed by atoms with Crippen LogP contribution in [-0.2, 0) is 4.79 Å². The summed E-state index contributed by atoms with van der Waals surface area (Å²) >= 11 is 1.16. The minimum Gasteiger partial charge on any atom is -0.479 e. The number of aliphatic carboxylic acids is 1. The Labute approximate surface area is 106 Å². The van der Waals surface area contributed by atoms with Crippen LogP contribution < -0.4 is 5.32 Å². The first-order valence-corrected chi connectivity index (χ1v) is 5.85. The van der Waals surface area contributed by atoms with Gasteiger partial charge in [0, 0.05) is 11.9 Å². The molecule has 1 aromatic rings. The van der Waals surface area contributed by atoms with Gasteiger partial charge in [-0.3, -0.25) is 0 Å². The monoisotopic (exact) mass is 278 g/mol. The van der Waals surface area contributed by atoms with E-state index in [0.717, 1.165) is 16.2 Å². The average molecular weight is 278 g/mol. The highest BCUT2D eigenvalue weighted by molar-refractivity contribution is 7.10. The van der Waals surface area contributed by atoms with Crippen molar-refractivity contribution in [3.8, 4) is 0 Å². The molecular weight excluding hydrogens is 266 g/mol. The molecule has 1 unspecified atom stereocenters. The Kier molecular flexibility index (Phi) is 5.02. The highest BCUT2D eigenvalue weighted by Gasteiger charge is 2.25. The zero-order valence-corrected chi connectivity index (χ0v) is 10.3. The number of carbonyl (C=O) groups is 2. The Balaban J connectivity index is 2.68. The lowest BCUT2D eigenvalue weighted by Gasteiger charge is -2.20. The third-order valence-corrected chi connectivity index (χ3v) is 3.04. The molecule has 0 fully saturated rings. The van der Waals surface area contributed by atoms with Crippen LogP contribution in [0.1, 0.15) is 10.9 Å². The number of nitrogens with one attached hydrogen (secondary N) is 1. The predicted octanol–water partition coefficient (Wildman–Crippen LogP) is 1.78. The third kappa shape index (κ3) is 3.95. The van der Waals surface area contributed by atoms with E-state index in [9.17, 15) is 18.4 Å². The molecule has 18 heavy (non-hydrogen) atoms. The number of hydrogen-bond donors (Lipinski definition) is 2. The highest BCUT2D eigenvalue weighted by atomic mass is 32.1. The Morgan fingerprint density at radius 3 is 2.67 bits per heavy atom. The van der Waals surface area contributed by atoms with Crippen molar-refractivity contribution in [1.29, 1.82) is 0 Å². The lowest BCUT2D eigenvalue weighted by Crippen LogP contribution is -2.43. The van der Waals surface area contributed by atoms with E-state index in [1.165, 1.54) is 7.05 Å². The number of urea groups is 1. The van der Waals surface area contributed by atoms with E-state index < -0.39 is 31.0 Å². The SMILES string of the molecule is CN(CC(F)F)C(=O)NC(C(=O)O)c1cccs1. The molecule has 0 radical (unpaired) electrons. The van der Waals surface area contributed by atoms with E-state index in [0.29, 0.717) is 4.88 Å². The first-order valence-electron chi connectivity index (χ1n) is 4.97. The Morgan fingerprint density at radius 1 is 1.56 bits per heavy atom. The Morgan fingerprint density at radius 2 is 2.22 bits per heavy atom. The Hall–Kier alpha value is -1.70. The zero-order chi connectivity index (χ0) is 13.7. The van der Waals surface area contributed by atoms with Gasteiger partial charge >= 0.3 is 12.0 Å². The standard InChI is InChI=1S/C10H12F2N2O3S/c1-14(5-7(11)12)10(17)13-8(9(15)16)6-3-2-4-18-6/h2-4,7-8H,5H2,1H3,(H,13,17)(H,15,16). The number of carboxylic acids is 1. The first-order chi connectivity index (χ1) is 8.41. The summed E-state index contributed by atoms with van der Waals surface area (Å²) in [6, 6.07) is 1.12. The molecule has 100 valence electrons. The maximum Gasteiger partial charge on any atom is 0.331 e. The molecule has 0 saturated carbocycles. The molecule has 0 aromatic carbocycles. The summed E-state index contributed by atoms with van der Waals surface area (Å²) in [6.45, 7) is -0.747. The van der Waals surface area contributed by atoms with Crippen LogP contribution in [-0.4, -0.2) is 42.0 Å². The van der Waals surface area contributed by atoms with E-state index in [1.807, 2.05) is 0 Å². The van der Waals surface area contributed by atoms with E-state index in [4.69, 9.17) is 5.11 Å². The van der Waals surface area contributed by atoms with Crippen molar-refractivity contribution in [1.82, 2.24) is 10.2 Å². The van der Waals surface area contributed by atoms with Crippen LogP contribution in [0.2, 0.25) is 0 Å². The summed E-state index contributed by atoms with van der Waals surface area (Å²) in [5, 5.41) is 12.8. The minimum absolute atomic E-state index is 0.432. The van der Waals surface area contributed by atoms with Crippen LogP contribution in [0.15, 0.2) is 17.5 Å². The van der Waals surface area contributed by atoms with Gasteiger partial charge in [-0.15, -0.1) is 11.3 Å². The summed E-state index contributed by atoms with van der Waals surface area (Å²) in [5.41, 5.74) is 0. The van der Waals surface area contributed by atoms with Gasteiger partial charge in [0.15, 0.2) is 6.04 Å². The molecule has 1 heterocycles. The number of alkyl halides is 2. The fourth-order valence-electron chi connectivity index (χ4n) is 1.23. The number of halogens is 2. The second-order valence-electron chi connectivity index (χ2n) is 3.51. The quantitative estimate of drug-likeness (QED) is 0.862. The van der Waals surface area contributed by atoms with Crippen molar-refractivity contribution < 1.29 is 23.5 Å². The maximum absolute atomic E-state index is 12.1. The van der Waals surface area contributed by atoms with Crippen LogP contribution in [0.25, 0.3) is 0 Å². The van der Waals surface area contributed by atoms with Gasteiger partial charge in [-0.25, -0.2) is 18.4 Å². The van der Waals surface area contributed by atoms with Crippen LogP contribution in [0, 0.1) is 0 Å². The molecule has 0 saturated heterocycles. The lowest BCUT2D eigenvalue weighted by atomic mass is 10.2. The van der Waals surface area contributed by atoms with Crippen molar-refractivity contribution in [3.63, 3.8) is 0 Å². The van der Waals surface area contributed by atoms with Gasteiger partial charge in [0.25, 0.3) is 6.43 Å². The van der Waals surface area contributed by atoms with Crippen LogP contribution >= 0.6 is 11.3 Å². The molecule has 0 aliphatic rings. The molecule has 8 heteroatoms. The molecule has 0 aliphatic carbocycles. The van der Waals surface area contributed by atoms with Gasteiger partial charge in [-0.1, -0.05) is 6.07 Å². The topological polar surface area (TPSA) is 69.6 Å². The first kappa shape index (κ1) is 14.4. The van der Waals surface area contributed by atoms with Gasteiger partial charge in [0.1, 0.15) is 0 Å². The van der Waals surface area contributed by atoms with Gasteiger partial charge in [-0.2, -0.15) is 0 Å². The zero-order valence-electron chi connectivity index (χ0n) is 9.47. The van der Waals surface area contributed by atoms with Crippen molar-refractivity contribution in [2.75, 3.05) is 13.6 Å². The second kappa shape index (κ2) is 6.29. The fraction of sp³-hybridized carbons (Fsp3) is 0.400. The molecule has 1 rings (SSSR count). The molecule has 5 nitrogen and oxygen atoms in total. The smallest absolute Gasteiger partial charge is 0.331 e. The van der Waals surface area contributed by atoms with Crippen molar-refractivity contribution in [2.24, 2.45) is 0 Å². The van der Waals surface area contributed by atoms with E-state index in [1.54, 1.807) is 17.5 Å². The maximum atomic E-state index is 12.1. The van der Waals surface area contributed by atoms with Crippen molar-refractivity contribution in [2.45, 2.75) is 12.5 Å². The molecule has 2 amide bonds. The number of carboxylic acid groups (broad SMARTS) is 1. The largest absolute Gasteiger partial charge is 0.479 e.